The third-order valence-electron chi connectivity index (χ3n) is 12.0. The average Bonchev–Trinajstić information content (AvgIpc) is 3.36. The van der Waals surface area contributed by atoms with Gasteiger partial charge < -0.3 is 4.42 Å². The molecule has 268 valence electrons. The maximum absolute atomic E-state index is 15.7. The van der Waals surface area contributed by atoms with Crippen LogP contribution in [0.15, 0.2) is 208 Å². The van der Waals surface area contributed by atoms with E-state index < -0.39 is 5.83 Å². The molecule has 1 atom stereocenters. The van der Waals surface area contributed by atoms with Gasteiger partial charge in [-0.15, -0.1) is 0 Å². The zero-order chi connectivity index (χ0) is 37.3. The molecule has 6 aromatic carbocycles. The van der Waals surface area contributed by atoms with Crippen LogP contribution in [0, 0.1) is 5.92 Å². The zero-order valence-electron chi connectivity index (χ0n) is 30.7. The maximum Gasteiger partial charge on any atom is 0.143 e. The van der Waals surface area contributed by atoms with Crippen LogP contribution < -0.4 is 0 Å². The van der Waals surface area contributed by atoms with E-state index in [0.29, 0.717) is 12.0 Å². The fourth-order valence-electron chi connectivity index (χ4n) is 9.61. The van der Waals surface area contributed by atoms with Gasteiger partial charge in [-0.05, 0) is 98.0 Å². The number of allylic oxidation sites excluding steroid dienone is 16. The summed E-state index contributed by atoms with van der Waals surface area (Å²) in [4.78, 5) is 0. The van der Waals surface area contributed by atoms with Gasteiger partial charge in [0.1, 0.15) is 22.8 Å². The zero-order valence-corrected chi connectivity index (χ0v) is 30.7. The van der Waals surface area contributed by atoms with Gasteiger partial charge in [0.05, 0.1) is 0 Å². The lowest BCUT2D eigenvalue weighted by molar-refractivity contribution is 0.545. The van der Waals surface area contributed by atoms with Gasteiger partial charge in [-0.1, -0.05) is 146 Å². The quantitative estimate of drug-likeness (QED) is 0.165. The van der Waals surface area contributed by atoms with Crippen molar-refractivity contribution in [2.75, 3.05) is 0 Å². The molecule has 0 radical (unpaired) electrons. The van der Waals surface area contributed by atoms with E-state index in [9.17, 15) is 0 Å². The number of rotatable bonds is 4. The van der Waals surface area contributed by atoms with Gasteiger partial charge in [0.2, 0.25) is 0 Å². The van der Waals surface area contributed by atoms with Gasteiger partial charge in [0.25, 0.3) is 0 Å². The monoisotopic (exact) mass is 726 g/mol. The highest BCUT2D eigenvalue weighted by Gasteiger charge is 2.32. The first-order valence-electron chi connectivity index (χ1n) is 19.6. The minimum absolute atomic E-state index is 0.0830. The Labute approximate surface area is 324 Å². The summed E-state index contributed by atoms with van der Waals surface area (Å²) >= 11 is 0. The lowest BCUT2D eigenvalue weighted by Gasteiger charge is -2.24. The van der Waals surface area contributed by atoms with Gasteiger partial charge in [-0.25, -0.2) is 8.78 Å². The molecule has 1 heterocycles. The second kappa shape index (κ2) is 13.0. The molecule has 56 heavy (non-hydrogen) atoms. The fraction of sp³-hybridized carbons (Fsp3) is 0.0943. The molecule has 11 rings (SSSR count). The molecule has 0 N–H and O–H groups in total. The predicted octanol–water partition coefficient (Wildman–Crippen LogP) is 15.2. The molecular formula is C53H36F2O. The number of furan rings is 1. The third-order valence-corrected chi connectivity index (χ3v) is 12.0. The minimum Gasteiger partial charge on any atom is -0.455 e. The first-order valence-corrected chi connectivity index (χ1v) is 19.6. The lowest BCUT2D eigenvalue weighted by atomic mass is 9.80. The fourth-order valence-corrected chi connectivity index (χ4v) is 9.61. The Bertz CT molecular complexity index is 3020. The molecule has 1 unspecified atom stereocenters. The van der Waals surface area contributed by atoms with E-state index in [-0.39, 0.29) is 23.7 Å². The lowest BCUT2D eigenvalue weighted by Crippen LogP contribution is -2.07. The summed E-state index contributed by atoms with van der Waals surface area (Å²) in [6, 6.07) is 41.1. The maximum atomic E-state index is 15.7. The number of para-hydroxylation sites is 1. The number of hydrogen-bond donors (Lipinski definition) is 0. The molecule has 0 saturated carbocycles. The highest BCUT2D eigenvalue weighted by atomic mass is 19.1. The van der Waals surface area contributed by atoms with Crippen LogP contribution in [0.25, 0.3) is 71.3 Å². The van der Waals surface area contributed by atoms with E-state index in [4.69, 9.17) is 4.42 Å². The Kier molecular flexibility index (Phi) is 7.63. The van der Waals surface area contributed by atoms with E-state index in [1.807, 2.05) is 12.2 Å². The molecule has 7 aromatic rings. The highest BCUT2D eigenvalue weighted by molar-refractivity contribution is 6.24. The second-order valence-electron chi connectivity index (χ2n) is 15.1. The Morgan fingerprint density at radius 3 is 2.09 bits per heavy atom. The summed E-state index contributed by atoms with van der Waals surface area (Å²) in [5.41, 5.74) is 12.2. The van der Waals surface area contributed by atoms with Crippen LogP contribution in [0.4, 0.5) is 8.78 Å². The third kappa shape index (κ3) is 5.04. The molecule has 3 heteroatoms. The second-order valence-corrected chi connectivity index (χ2v) is 15.1. The van der Waals surface area contributed by atoms with Crippen molar-refractivity contribution >= 4 is 49.1 Å². The minimum atomic E-state index is -0.474. The van der Waals surface area contributed by atoms with Gasteiger partial charge >= 0.3 is 0 Å². The van der Waals surface area contributed by atoms with Crippen molar-refractivity contribution in [3.8, 4) is 22.3 Å². The topological polar surface area (TPSA) is 13.1 Å². The van der Waals surface area contributed by atoms with Crippen molar-refractivity contribution in [2.24, 2.45) is 5.92 Å². The van der Waals surface area contributed by atoms with Crippen molar-refractivity contribution in [3.05, 3.63) is 209 Å². The van der Waals surface area contributed by atoms with Crippen molar-refractivity contribution in [3.63, 3.8) is 0 Å². The van der Waals surface area contributed by atoms with Crippen LogP contribution in [0.1, 0.15) is 31.2 Å². The first kappa shape index (κ1) is 32.8. The Morgan fingerprint density at radius 2 is 1.32 bits per heavy atom. The van der Waals surface area contributed by atoms with Crippen LogP contribution in [0.3, 0.4) is 0 Å². The smallest absolute Gasteiger partial charge is 0.143 e. The average molecular weight is 727 g/mol. The van der Waals surface area contributed by atoms with Crippen LogP contribution in [-0.2, 0) is 0 Å². The molecule has 2 bridgehead atoms. The predicted molar refractivity (Wildman–Crippen MR) is 228 cm³/mol. The van der Waals surface area contributed by atoms with Crippen molar-refractivity contribution < 1.29 is 13.2 Å². The molecule has 0 fully saturated rings. The Morgan fingerprint density at radius 1 is 0.589 bits per heavy atom. The summed E-state index contributed by atoms with van der Waals surface area (Å²) in [7, 11) is 0. The molecule has 0 aliphatic heterocycles. The number of benzene rings is 6. The summed E-state index contributed by atoms with van der Waals surface area (Å²) < 4.78 is 38.2. The summed E-state index contributed by atoms with van der Waals surface area (Å²) in [6.45, 7) is 0. The van der Waals surface area contributed by atoms with Gasteiger partial charge in [0.15, 0.2) is 0 Å². The Balaban J connectivity index is 1.15. The SMILES string of the molecule is FC1=CCCC(F)=C1C1=C2C=CCCC2=C(c2ccc3oc4c(-c5c6ccccc6c(-c6ccccc6)c6ccccc56)cccc4c3c2)C2C=CC=CC1=C2. The molecule has 0 amide bonds. The molecule has 4 aliphatic carbocycles. The number of hydrogen-bond acceptors (Lipinski definition) is 1. The molecule has 0 saturated heterocycles. The highest BCUT2D eigenvalue weighted by Crippen LogP contribution is 2.50. The van der Waals surface area contributed by atoms with Gasteiger partial charge in [-0.2, -0.15) is 0 Å². The molecule has 1 nitrogen and oxygen atoms in total. The van der Waals surface area contributed by atoms with Crippen molar-refractivity contribution in [1.29, 1.82) is 0 Å². The number of halogens is 2. The van der Waals surface area contributed by atoms with Crippen molar-refractivity contribution in [2.45, 2.75) is 25.7 Å². The molecule has 0 spiro atoms. The van der Waals surface area contributed by atoms with E-state index in [0.717, 1.165) is 68.2 Å². The van der Waals surface area contributed by atoms with E-state index in [1.54, 1.807) is 0 Å². The van der Waals surface area contributed by atoms with Crippen LogP contribution >= 0.6 is 0 Å². The largest absolute Gasteiger partial charge is 0.455 e. The molecular weight excluding hydrogens is 691 g/mol. The van der Waals surface area contributed by atoms with E-state index >= 15 is 8.78 Å². The van der Waals surface area contributed by atoms with Gasteiger partial charge in [0, 0.05) is 45.4 Å². The summed E-state index contributed by atoms with van der Waals surface area (Å²) in [5, 5.41) is 6.85. The summed E-state index contributed by atoms with van der Waals surface area (Å²) in [5.74, 6) is -0.937. The number of fused-ring (bicyclic) bond motifs is 7. The Hall–Kier alpha value is -6.58. The molecule has 1 aromatic heterocycles. The van der Waals surface area contributed by atoms with Gasteiger partial charge in [-0.3, -0.25) is 0 Å². The summed E-state index contributed by atoms with van der Waals surface area (Å²) in [6.07, 6.45) is 18.4. The molecule has 4 aliphatic rings. The standard InChI is InChI=1S/C53H36F2O/c54-45-26-13-27-46(55)52(45)50-34-17-5-4-16-33(30-34)48(36-18-6-9-21-39(36)50)35-28-29-47-44(31-35)42-24-12-25-43(53(42)56-47)51-40-22-10-7-19-37(40)49(32-14-2-1-3-15-32)38-20-8-11-23-41(38)51/h1-5,7-12,14-17,19-26,28-31,33H,6,13,18,27H2. The normalized spacial score (nSPS) is 18.2. The van der Waals surface area contributed by atoms with Crippen LogP contribution in [0.5, 0.6) is 0 Å². The van der Waals surface area contributed by atoms with Crippen LogP contribution in [-0.4, -0.2) is 0 Å². The van der Waals surface area contributed by atoms with Crippen LogP contribution in [0.2, 0.25) is 0 Å². The van der Waals surface area contributed by atoms with E-state index in [1.165, 1.54) is 44.3 Å². The van der Waals surface area contributed by atoms with Crippen molar-refractivity contribution in [1.82, 2.24) is 0 Å². The van der Waals surface area contributed by atoms with E-state index in [2.05, 4.69) is 146 Å². The first-order chi connectivity index (χ1) is 27.6.